The van der Waals surface area contributed by atoms with E-state index >= 15 is 0 Å². The zero-order valence-corrected chi connectivity index (χ0v) is 30.7. The van der Waals surface area contributed by atoms with Gasteiger partial charge in [-0.1, -0.05) is 141 Å². The van der Waals surface area contributed by atoms with E-state index in [0.717, 1.165) is 22.3 Å². The van der Waals surface area contributed by atoms with E-state index in [1.54, 1.807) is 22.7 Å². The third-order valence-corrected chi connectivity index (χ3v) is 13.4. The van der Waals surface area contributed by atoms with Gasteiger partial charge in [0.15, 0.2) is 17.5 Å². The summed E-state index contributed by atoms with van der Waals surface area (Å²) in [5.74, 6) is 2.03. The summed E-state index contributed by atoms with van der Waals surface area (Å²) < 4.78 is 4.88. The molecule has 11 rings (SSSR count). The zero-order chi connectivity index (χ0) is 35.3. The van der Waals surface area contributed by atoms with Crippen LogP contribution in [0.4, 0.5) is 0 Å². The van der Waals surface area contributed by atoms with Gasteiger partial charge in [0.2, 0.25) is 0 Å². The van der Waals surface area contributed by atoms with Gasteiger partial charge >= 0.3 is 0 Å². The molecule has 3 nitrogen and oxygen atoms in total. The monoisotopic (exact) mass is 713 g/mol. The molecule has 0 saturated heterocycles. The molecular formula is C48H31N3S2. The molecule has 7 aromatic carbocycles. The Kier molecular flexibility index (Phi) is 6.64. The number of rotatable bonds is 4. The average molecular weight is 714 g/mol. The molecule has 5 heteroatoms. The molecule has 1 aliphatic rings. The smallest absolute Gasteiger partial charge is 0.165 e. The van der Waals surface area contributed by atoms with Crippen molar-refractivity contribution in [3.05, 3.63) is 163 Å². The molecule has 0 spiro atoms. The van der Waals surface area contributed by atoms with Gasteiger partial charge in [-0.25, -0.2) is 15.0 Å². The maximum Gasteiger partial charge on any atom is 0.165 e. The van der Waals surface area contributed by atoms with Crippen molar-refractivity contribution >= 4 is 63.0 Å². The maximum absolute atomic E-state index is 5.39. The summed E-state index contributed by atoms with van der Waals surface area (Å²) in [6, 6.07) is 54.5. The normalized spacial score (nSPS) is 13.2. The highest BCUT2D eigenvalue weighted by Crippen LogP contribution is 2.53. The van der Waals surface area contributed by atoms with E-state index < -0.39 is 0 Å². The molecule has 250 valence electrons. The second kappa shape index (κ2) is 11.5. The first kappa shape index (κ1) is 30.6. The second-order valence-electron chi connectivity index (χ2n) is 14.3. The standard InChI is InChI=1S/C48H31N3S2/c1-48(2)39-25-8-5-15-29(39)33-20-11-19-32(42(33)48)28-14-3-4-18-36(28)45-49-46(37-23-12-21-34-30-16-6-9-26-40(30)52-43(34)37)51-47(50-45)38-24-13-22-35-31-17-7-10-27-41(31)53-44(35)38/h3-27H,1-2H3. The molecular weight excluding hydrogens is 683 g/mol. The molecule has 0 bridgehead atoms. The van der Waals surface area contributed by atoms with Gasteiger partial charge in [0.05, 0.1) is 0 Å². The molecule has 0 atom stereocenters. The highest BCUT2D eigenvalue weighted by atomic mass is 32.1. The summed E-state index contributed by atoms with van der Waals surface area (Å²) in [6.45, 7) is 4.69. The van der Waals surface area contributed by atoms with Gasteiger partial charge in [-0.3, -0.25) is 0 Å². The number of hydrogen-bond donors (Lipinski definition) is 0. The molecule has 1 aliphatic carbocycles. The lowest BCUT2D eigenvalue weighted by molar-refractivity contribution is 0.662. The van der Waals surface area contributed by atoms with E-state index in [0.29, 0.717) is 17.5 Å². The summed E-state index contributed by atoms with van der Waals surface area (Å²) >= 11 is 3.60. The third-order valence-electron chi connectivity index (χ3n) is 11.0. The van der Waals surface area contributed by atoms with Crippen LogP contribution in [0.25, 0.3) is 96.8 Å². The number of thiophene rings is 2. The van der Waals surface area contributed by atoms with Gasteiger partial charge in [-0.15, -0.1) is 22.7 Å². The molecule has 0 N–H and O–H groups in total. The van der Waals surface area contributed by atoms with Crippen molar-refractivity contribution in [2.24, 2.45) is 0 Å². The molecule has 0 radical (unpaired) electrons. The number of hydrogen-bond acceptors (Lipinski definition) is 5. The van der Waals surface area contributed by atoms with Crippen LogP contribution in [0.15, 0.2) is 152 Å². The Morgan fingerprint density at radius 2 is 0.755 bits per heavy atom. The SMILES string of the molecule is CC1(C)c2ccccc2-c2cccc(-c3ccccc3-c3nc(-c4cccc5c4sc4ccccc45)nc(-c4cccc5c4sc4ccccc45)n3)c21. The van der Waals surface area contributed by atoms with Crippen LogP contribution in [0.3, 0.4) is 0 Å². The van der Waals surface area contributed by atoms with Crippen molar-refractivity contribution < 1.29 is 0 Å². The average Bonchev–Trinajstić information content (AvgIpc) is 3.86. The Morgan fingerprint density at radius 1 is 0.358 bits per heavy atom. The van der Waals surface area contributed by atoms with Crippen molar-refractivity contribution in [1.29, 1.82) is 0 Å². The fraction of sp³-hybridized carbons (Fsp3) is 0.0625. The molecule has 0 saturated carbocycles. The van der Waals surface area contributed by atoms with Crippen LogP contribution in [0, 0.1) is 0 Å². The van der Waals surface area contributed by atoms with Crippen molar-refractivity contribution in [3.8, 4) is 56.4 Å². The maximum atomic E-state index is 5.39. The Hall–Kier alpha value is -6.01. The molecule has 3 heterocycles. The third kappa shape index (κ3) is 4.54. The van der Waals surface area contributed by atoms with Crippen molar-refractivity contribution in [2.45, 2.75) is 19.3 Å². The number of nitrogens with zero attached hydrogens (tertiary/aromatic N) is 3. The van der Waals surface area contributed by atoms with Crippen molar-refractivity contribution in [2.75, 3.05) is 0 Å². The Balaban J connectivity index is 1.19. The highest BCUT2D eigenvalue weighted by molar-refractivity contribution is 7.26. The summed E-state index contributed by atoms with van der Waals surface area (Å²) in [5.41, 5.74) is 10.5. The van der Waals surface area contributed by atoms with E-state index in [1.165, 1.54) is 68.2 Å². The van der Waals surface area contributed by atoms with E-state index in [1.807, 2.05) is 0 Å². The highest BCUT2D eigenvalue weighted by Gasteiger charge is 2.37. The molecule has 0 unspecified atom stereocenters. The van der Waals surface area contributed by atoms with Crippen LogP contribution in [0.1, 0.15) is 25.0 Å². The molecule has 10 aromatic rings. The number of benzene rings is 7. The van der Waals surface area contributed by atoms with E-state index in [-0.39, 0.29) is 5.41 Å². The van der Waals surface area contributed by atoms with E-state index in [2.05, 4.69) is 166 Å². The zero-order valence-electron chi connectivity index (χ0n) is 29.1. The largest absolute Gasteiger partial charge is 0.208 e. The lowest BCUT2D eigenvalue weighted by Gasteiger charge is -2.25. The van der Waals surface area contributed by atoms with Gasteiger partial charge in [0, 0.05) is 62.4 Å². The first-order valence-electron chi connectivity index (χ1n) is 17.9. The van der Waals surface area contributed by atoms with Crippen LogP contribution in [0.5, 0.6) is 0 Å². The minimum atomic E-state index is -0.168. The summed E-state index contributed by atoms with van der Waals surface area (Å²) in [7, 11) is 0. The quantitative estimate of drug-likeness (QED) is 0.182. The van der Waals surface area contributed by atoms with Gasteiger partial charge in [0.25, 0.3) is 0 Å². The van der Waals surface area contributed by atoms with Crippen LogP contribution in [-0.4, -0.2) is 15.0 Å². The predicted octanol–water partition coefficient (Wildman–Crippen LogP) is 13.6. The second-order valence-corrected chi connectivity index (χ2v) is 16.4. The van der Waals surface area contributed by atoms with E-state index in [4.69, 9.17) is 15.0 Å². The fourth-order valence-corrected chi connectivity index (χ4v) is 11.0. The molecule has 53 heavy (non-hydrogen) atoms. The predicted molar refractivity (Wildman–Crippen MR) is 225 cm³/mol. The van der Waals surface area contributed by atoms with E-state index in [9.17, 15) is 0 Å². The first-order chi connectivity index (χ1) is 26.0. The molecule has 3 aromatic heterocycles. The van der Waals surface area contributed by atoms with Crippen LogP contribution in [-0.2, 0) is 5.41 Å². The fourth-order valence-electron chi connectivity index (χ4n) is 8.57. The van der Waals surface area contributed by atoms with Crippen LogP contribution in [0.2, 0.25) is 0 Å². The Morgan fingerprint density at radius 3 is 1.36 bits per heavy atom. The molecule has 0 aliphatic heterocycles. The minimum Gasteiger partial charge on any atom is -0.208 e. The summed E-state index contributed by atoms with van der Waals surface area (Å²) in [4.78, 5) is 16.1. The molecule has 0 amide bonds. The van der Waals surface area contributed by atoms with Crippen LogP contribution >= 0.6 is 22.7 Å². The number of aromatic nitrogens is 3. The number of fused-ring (bicyclic) bond motifs is 9. The Bertz CT molecular complexity index is 2980. The van der Waals surface area contributed by atoms with Crippen molar-refractivity contribution in [1.82, 2.24) is 15.0 Å². The topological polar surface area (TPSA) is 38.7 Å². The molecule has 0 fully saturated rings. The lowest BCUT2D eigenvalue weighted by atomic mass is 9.78. The van der Waals surface area contributed by atoms with Gasteiger partial charge < -0.3 is 0 Å². The summed E-state index contributed by atoms with van der Waals surface area (Å²) in [5, 5.41) is 4.96. The first-order valence-corrected chi connectivity index (χ1v) is 19.6. The van der Waals surface area contributed by atoms with Crippen molar-refractivity contribution in [3.63, 3.8) is 0 Å². The van der Waals surface area contributed by atoms with Gasteiger partial charge in [-0.05, 0) is 57.6 Å². The Labute approximate surface area is 314 Å². The minimum absolute atomic E-state index is 0.168. The lowest BCUT2D eigenvalue weighted by Crippen LogP contribution is -2.16. The van der Waals surface area contributed by atoms with Gasteiger partial charge in [-0.2, -0.15) is 0 Å². The summed E-state index contributed by atoms with van der Waals surface area (Å²) in [6.07, 6.45) is 0. The van der Waals surface area contributed by atoms with Crippen LogP contribution < -0.4 is 0 Å². The van der Waals surface area contributed by atoms with Gasteiger partial charge in [0.1, 0.15) is 0 Å².